The number of amides is 1. The Morgan fingerprint density at radius 3 is 2.41 bits per heavy atom. The lowest BCUT2D eigenvalue weighted by atomic mass is 10.2. The highest BCUT2D eigenvalue weighted by Gasteiger charge is 2.36. The van der Waals surface area contributed by atoms with Crippen molar-refractivity contribution in [2.75, 3.05) is 35.8 Å². The smallest absolute Gasteiger partial charge is 0.255 e. The molecule has 1 unspecified atom stereocenters. The Morgan fingerprint density at radius 2 is 1.74 bits per heavy atom. The summed E-state index contributed by atoms with van der Waals surface area (Å²) in [7, 11) is -1.81. The molecule has 0 saturated heterocycles. The molecule has 10 nitrogen and oxygen atoms in total. The molecule has 12 heteroatoms. The maximum atomic E-state index is 14.4. The van der Waals surface area contributed by atoms with Gasteiger partial charge in [-0.25, -0.2) is 9.37 Å². The molecule has 0 aliphatic rings. The Labute approximate surface area is 228 Å². The summed E-state index contributed by atoms with van der Waals surface area (Å²) in [6.07, 6.45) is -0.502. The molecule has 210 valence electrons. The third-order valence-corrected chi connectivity index (χ3v) is 10.9. The fourth-order valence-electron chi connectivity index (χ4n) is 3.07. The molecule has 0 fully saturated rings. The number of aliphatic hydroxyl groups is 2. The first-order chi connectivity index (χ1) is 18.4. The SMILES string of the molecule is CC(C)(C)[Si](C)(C)OCCOc1ccc(Nc2ncc(F)c(Nc3cccc(NC(=O)C(O)CO)c3)n2)cc1. The fraction of sp³-hybridized carbons (Fsp3) is 0.370. The number of nitrogens with zero attached hydrogens (tertiary/aromatic N) is 2. The van der Waals surface area contributed by atoms with E-state index in [0.29, 0.717) is 36.0 Å². The number of carbonyl (C=O) groups is 1. The Morgan fingerprint density at radius 1 is 1.05 bits per heavy atom. The molecule has 0 spiro atoms. The minimum Gasteiger partial charge on any atom is -0.491 e. The van der Waals surface area contributed by atoms with Gasteiger partial charge in [-0.05, 0) is 60.6 Å². The molecule has 3 aromatic rings. The summed E-state index contributed by atoms with van der Waals surface area (Å²) < 4.78 is 26.4. The maximum absolute atomic E-state index is 14.4. The van der Waals surface area contributed by atoms with Crippen molar-refractivity contribution in [3.63, 3.8) is 0 Å². The molecule has 0 saturated carbocycles. The van der Waals surface area contributed by atoms with Gasteiger partial charge in [-0.1, -0.05) is 26.8 Å². The van der Waals surface area contributed by atoms with Gasteiger partial charge in [0.05, 0.1) is 19.4 Å². The minimum atomic E-state index is -1.81. The van der Waals surface area contributed by atoms with Gasteiger partial charge in [0.1, 0.15) is 12.4 Å². The molecule has 1 atom stereocenters. The van der Waals surface area contributed by atoms with Gasteiger partial charge in [0.2, 0.25) is 5.95 Å². The van der Waals surface area contributed by atoms with Crippen molar-refractivity contribution in [1.29, 1.82) is 0 Å². The minimum absolute atomic E-state index is 0.0759. The topological polar surface area (TPSA) is 138 Å². The van der Waals surface area contributed by atoms with Gasteiger partial charge in [-0.15, -0.1) is 0 Å². The molecule has 1 aromatic heterocycles. The van der Waals surface area contributed by atoms with Crippen molar-refractivity contribution in [3.05, 3.63) is 60.5 Å². The van der Waals surface area contributed by atoms with Crippen molar-refractivity contribution < 1.29 is 28.6 Å². The third-order valence-electron chi connectivity index (χ3n) is 6.34. The number of aromatic nitrogens is 2. The van der Waals surface area contributed by atoms with Crippen LogP contribution in [0, 0.1) is 5.82 Å². The molecular weight excluding hydrogens is 521 g/mol. The highest BCUT2D eigenvalue weighted by atomic mass is 28.4. The standard InChI is InChI=1S/C27H36FN5O5Si/c1-27(2,3)39(4,5)38-14-13-37-21-11-9-18(10-12-21)32-26-29-16-22(28)24(33-26)30-19-7-6-8-20(15-19)31-25(36)23(35)17-34/h6-12,15-16,23,34-35H,13-14,17H2,1-5H3,(H,31,36)(H2,29,30,32,33). The van der Waals surface area contributed by atoms with Crippen molar-refractivity contribution in [2.24, 2.45) is 0 Å². The molecular formula is C27H36FN5O5Si. The summed E-state index contributed by atoms with van der Waals surface area (Å²) in [5.41, 5.74) is 1.47. The number of hydrogen-bond donors (Lipinski definition) is 5. The highest BCUT2D eigenvalue weighted by molar-refractivity contribution is 6.74. The van der Waals surface area contributed by atoms with Crippen LogP contribution in [0.4, 0.5) is 33.2 Å². The number of aliphatic hydroxyl groups excluding tert-OH is 2. The first-order valence-electron chi connectivity index (χ1n) is 12.5. The van der Waals surface area contributed by atoms with Crippen LogP contribution in [0.3, 0.4) is 0 Å². The quantitative estimate of drug-likeness (QED) is 0.157. The van der Waals surface area contributed by atoms with Crippen molar-refractivity contribution in [2.45, 2.75) is 45.0 Å². The monoisotopic (exact) mass is 557 g/mol. The van der Waals surface area contributed by atoms with E-state index in [2.05, 4.69) is 59.8 Å². The summed E-state index contributed by atoms with van der Waals surface area (Å²) in [6, 6.07) is 13.6. The van der Waals surface area contributed by atoms with Gasteiger partial charge in [0, 0.05) is 17.1 Å². The number of nitrogens with one attached hydrogen (secondary N) is 3. The second kappa shape index (κ2) is 13.0. The molecule has 1 heterocycles. The van der Waals surface area contributed by atoms with Gasteiger partial charge in [0.25, 0.3) is 5.91 Å². The van der Waals surface area contributed by atoms with Crippen LogP contribution in [0.15, 0.2) is 54.7 Å². The molecule has 0 aliphatic carbocycles. The molecule has 0 radical (unpaired) electrons. The zero-order valence-corrected chi connectivity index (χ0v) is 23.8. The summed E-state index contributed by atoms with van der Waals surface area (Å²) in [6.45, 7) is 11.3. The molecule has 0 aliphatic heterocycles. The fourth-order valence-corrected chi connectivity index (χ4v) is 4.10. The molecule has 5 N–H and O–H groups in total. The molecule has 3 rings (SSSR count). The van der Waals surface area contributed by atoms with Crippen molar-refractivity contribution in [1.82, 2.24) is 9.97 Å². The number of rotatable bonds is 12. The molecule has 39 heavy (non-hydrogen) atoms. The summed E-state index contributed by atoms with van der Waals surface area (Å²) in [4.78, 5) is 20.0. The van der Waals surface area contributed by atoms with Gasteiger partial charge >= 0.3 is 0 Å². The van der Waals surface area contributed by atoms with Crippen LogP contribution in [0.25, 0.3) is 0 Å². The number of benzene rings is 2. The van der Waals surface area contributed by atoms with Gasteiger partial charge in [-0.2, -0.15) is 4.98 Å². The highest BCUT2D eigenvalue weighted by Crippen LogP contribution is 2.36. The first kappa shape index (κ1) is 30.0. The summed E-state index contributed by atoms with van der Waals surface area (Å²) >= 11 is 0. The number of halogens is 1. The van der Waals surface area contributed by atoms with Gasteiger partial charge in [0.15, 0.2) is 26.1 Å². The lowest BCUT2D eigenvalue weighted by Gasteiger charge is -2.36. The van der Waals surface area contributed by atoms with Crippen molar-refractivity contribution >= 4 is 43.1 Å². The van der Waals surface area contributed by atoms with Crippen LogP contribution in [0.1, 0.15) is 20.8 Å². The predicted molar refractivity (Wildman–Crippen MR) is 152 cm³/mol. The van der Waals surface area contributed by atoms with E-state index in [1.165, 1.54) is 6.07 Å². The average Bonchev–Trinajstić information content (AvgIpc) is 2.88. The summed E-state index contributed by atoms with van der Waals surface area (Å²) in [5.74, 6) is -0.640. The van der Waals surface area contributed by atoms with Crippen LogP contribution in [-0.4, -0.2) is 60.3 Å². The van der Waals surface area contributed by atoms with Gasteiger partial charge in [-0.3, -0.25) is 4.79 Å². The normalized spacial score (nSPS) is 12.5. The second-order valence-corrected chi connectivity index (χ2v) is 15.2. The third kappa shape index (κ3) is 8.72. The van der Waals surface area contributed by atoms with E-state index in [-0.39, 0.29) is 16.8 Å². The van der Waals surface area contributed by atoms with Crippen LogP contribution >= 0.6 is 0 Å². The molecule has 1 amide bonds. The van der Waals surface area contributed by atoms with Crippen LogP contribution in [-0.2, 0) is 9.22 Å². The Kier molecular flexibility index (Phi) is 9.97. The van der Waals surface area contributed by atoms with Crippen LogP contribution < -0.4 is 20.7 Å². The largest absolute Gasteiger partial charge is 0.491 e. The lowest BCUT2D eigenvalue weighted by molar-refractivity contribution is -0.125. The first-order valence-corrected chi connectivity index (χ1v) is 15.4. The number of anilines is 5. The zero-order chi connectivity index (χ0) is 28.6. The average molecular weight is 558 g/mol. The Hall–Kier alpha value is -3.58. The second-order valence-electron chi connectivity index (χ2n) is 10.4. The number of ether oxygens (including phenoxy) is 1. The van der Waals surface area contributed by atoms with Gasteiger partial charge < -0.3 is 35.3 Å². The number of hydrogen-bond acceptors (Lipinski definition) is 9. The van der Waals surface area contributed by atoms with E-state index in [1.54, 1.807) is 30.3 Å². The van der Waals surface area contributed by atoms with Crippen LogP contribution in [0.2, 0.25) is 18.1 Å². The molecule has 0 bridgehead atoms. The van der Waals surface area contributed by atoms with E-state index in [9.17, 15) is 14.3 Å². The van der Waals surface area contributed by atoms with E-state index >= 15 is 0 Å². The van der Waals surface area contributed by atoms with Crippen LogP contribution in [0.5, 0.6) is 5.75 Å². The summed E-state index contributed by atoms with van der Waals surface area (Å²) in [5, 5.41) is 26.8. The Bertz CT molecular complexity index is 1250. The Balaban J connectivity index is 1.58. The van der Waals surface area contributed by atoms with Crippen molar-refractivity contribution in [3.8, 4) is 5.75 Å². The van der Waals surface area contributed by atoms with E-state index in [0.717, 1.165) is 6.20 Å². The number of carbonyl (C=O) groups excluding carboxylic acids is 1. The predicted octanol–water partition coefficient (Wildman–Crippen LogP) is 4.80. The zero-order valence-electron chi connectivity index (χ0n) is 22.8. The molecule has 2 aromatic carbocycles. The van der Waals surface area contributed by atoms with E-state index in [4.69, 9.17) is 14.3 Å². The lowest BCUT2D eigenvalue weighted by Crippen LogP contribution is -2.41. The van der Waals surface area contributed by atoms with E-state index in [1.807, 2.05) is 12.1 Å². The van der Waals surface area contributed by atoms with E-state index < -0.39 is 32.8 Å². The maximum Gasteiger partial charge on any atom is 0.255 e.